The molecule has 4 aromatic heterocycles. The molecule has 0 spiro atoms. The van der Waals surface area contributed by atoms with Gasteiger partial charge in [0.1, 0.15) is 0 Å². The van der Waals surface area contributed by atoms with Crippen molar-refractivity contribution in [3.8, 4) is 67.5 Å². The van der Waals surface area contributed by atoms with Gasteiger partial charge in [-0.2, -0.15) is 0 Å². The van der Waals surface area contributed by atoms with Crippen molar-refractivity contribution in [3.63, 3.8) is 0 Å². The van der Waals surface area contributed by atoms with Crippen molar-refractivity contribution in [1.82, 2.24) is 19.9 Å². The van der Waals surface area contributed by atoms with Crippen LogP contribution in [-0.2, 0) is 0 Å². The van der Waals surface area contributed by atoms with Crippen LogP contribution in [0.2, 0.25) is 0 Å². The first-order chi connectivity index (χ1) is 20.8. The van der Waals surface area contributed by atoms with E-state index in [-0.39, 0.29) is 0 Å². The number of pyridine rings is 4. The normalized spacial score (nSPS) is 10.9. The van der Waals surface area contributed by atoms with Crippen LogP contribution >= 0.6 is 0 Å². The molecule has 4 nitrogen and oxygen atoms in total. The van der Waals surface area contributed by atoms with Gasteiger partial charge >= 0.3 is 0 Å². The lowest BCUT2D eigenvalue weighted by atomic mass is 9.92. The van der Waals surface area contributed by atoms with Crippen LogP contribution in [0.25, 0.3) is 67.5 Å². The molecular formula is C38H26N4. The largest absolute Gasteiger partial charge is 0.255 e. The Morgan fingerprint density at radius 1 is 0.286 bits per heavy atom. The maximum absolute atomic E-state index is 4.93. The summed E-state index contributed by atoms with van der Waals surface area (Å²) in [5.74, 6) is 0. The van der Waals surface area contributed by atoms with Gasteiger partial charge in [-0.1, -0.05) is 84.9 Å². The highest BCUT2D eigenvalue weighted by atomic mass is 14.8. The molecule has 7 aromatic rings. The average molecular weight is 539 g/mol. The number of benzene rings is 3. The molecule has 0 bridgehead atoms. The third-order valence-electron chi connectivity index (χ3n) is 7.22. The summed E-state index contributed by atoms with van der Waals surface area (Å²) in [4.78, 5) is 18.8. The minimum atomic E-state index is 0.858. The van der Waals surface area contributed by atoms with Gasteiger partial charge in [0.15, 0.2) is 0 Å². The maximum atomic E-state index is 4.93. The topological polar surface area (TPSA) is 51.6 Å². The lowest BCUT2D eigenvalue weighted by molar-refractivity contribution is 1.25. The molecule has 0 saturated carbocycles. The maximum Gasteiger partial charge on any atom is 0.0893 e. The summed E-state index contributed by atoms with van der Waals surface area (Å²) >= 11 is 0. The molecule has 0 aliphatic carbocycles. The van der Waals surface area contributed by atoms with Crippen LogP contribution in [-0.4, -0.2) is 19.9 Å². The van der Waals surface area contributed by atoms with E-state index < -0.39 is 0 Å². The van der Waals surface area contributed by atoms with E-state index in [1.807, 2.05) is 72.8 Å². The first-order valence-corrected chi connectivity index (χ1v) is 13.9. The molecule has 0 aliphatic rings. The van der Waals surface area contributed by atoms with Gasteiger partial charge in [-0.05, 0) is 82.9 Å². The Kier molecular flexibility index (Phi) is 6.85. The number of hydrogen-bond acceptors (Lipinski definition) is 4. The van der Waals surface area contributed by atoms with Crippen molar-refractivity contribution >= 4 is 0 Å². The van der Waals surface area contributed by atoms with Crippen molar-refractivity contribution in [3.05, 3.63) is 158 Å². The summed E-state index contributed by atoms with van der Waals surface area (Å²) in [6.07, 6.45) is 3.59. The molecule has 0 unspecified atom stereocenters. The second-order valence-electron chi connectivity index (χ2n) is 9.95. The zero-order chi connectivity index (χ0) is 28.1. The van der Waals surface area contributed by atoms with Gasteiger partial charge in [-0.25, -0.2) is 9.97 Å². The standard InChI is InChI=1S/C38H26N4/c1-2-16-32(28-12-8-14-30(26-28)34-20-10-22-38(42-34)36-18-4-6-24-40-36)31(15-1)27-11-7-13-29(25-27)33-19-9-21-37(41-33)35-17-3-5-23-39-35/h1-26H. The Morgan fingerprint density at radius 3 is 1.12 bits per heavy atom. The smallest absolute Gasteiger partial charge is 0.0893 e. The Hall–Kier alpha value is -5.74. The molecule has 7 rings (SSSR count). The number of nitrogens with zero attached hydrogens (tertiary/aromatic N) is 4. The number of aromatic nitrogens is 4. The van der Waals surface area contributed by atoms with Crippen molar-refractivity contribution in [2.45, 2.75) is 0 Å². The molecule has 4 heteroatoms. The molecule has 42 heavy (non-hydrogen) atoms. The zero-order valence-corrected chi connectivity index (χ0v) is 22.8. The first-order valence-electron chi connectivity index (χ1n) is 13.9. The monoisotopic (exact) mass is 538 g/mol. The molecule has 3 aromatic carbocycles. The van der Waals surface area contributed by atoms with E-state index in [1.54, 1.807) is 12.4 Å². The summed E-state index contributed by atoms with van der Waals surface area (Å²) < 4.78 is 0. The molecule has 0 atom stereocenters. The predicted molar refractivity (Wildman–Crippen MR) is 170 cm³/mol. The van der Waals surface area contributed by atoms with Crippen LogP contribution in [0.4, 0.5) is 0 Å². The van der Waals surface area contributed by atoms with E-state index in [2.05, 4.69) is 82.8 Å². The second kappa shape index (κ2) is 11.4. The molecule has 4 heterocycles. The Morgan fingerprint density at radius 2 is 0.667 bits per heavy atom. The average Bonchev–Trinajstić information content (AvgIpc) is 3.09. The quantitative estimate of drug-likeness (QED) is 0.212. The molecule has 0 fully saturated rings. The summed E-state index contributed by atoms with van der Waals surface area (Å²) in [6.45, 7) is 0. The summed E-state index contributed by atoms with van der Waals surface area (Å²) in [6, 6.07) is 49.6. The lowest BCUT2D eigenvalue weighted by Crippen LogP contribution is -1.91. The molecule has 0 amide bonds. The van der Waals surface area contributed by atoms with Crippen LogP contribution in [0.15, 0.2) is 158 Å². The van der Waals surface area contributed by atoms with E-state index in [1.165, 1.54) is 0 Å². The van der Waals surface area contributed by atoms with Crippen LogP contribution < -0.4 is 0 Å². The number of hydrogen-bond donors (Lipinski definition) is 0. The zero-order valence-electron chi connectivity index (χ0n) is 22.8. The lowest BCUT2D eigenvalue weighted by Gasteiger charge is -2.13. The molecule has 0 N–H and O–H groups in total. The minimum absolute atomic E-state index is 0.858. The second-order valence-corrected chi connectivity index (χ2v) is 9.95. The van der Waals surface area contributed by atoms with Crippen molar-refractivity contribution in [2.75, 3.05) is 0 Å². The van der Waals surface area contributed by atoms with Gasteiger partial charge in [0.05, 0.1) is 34.2 Å². The fourth-order valence-corrected chi connectivity index (χ4v) is 5.18. The van der Waals surface area contributed by atoms with Gasteiger partial charge < -0.3 is 0 Å². The fourth-order valence-electron chi connectivity index (χ4n) is 5.18. The van der Waals surface area contributed by atoms with Crippen LogP contribution in [0.3, 0.4) is 0 Å². The van der Waals surface area contributed by atoms with Gasteiger partial charge in [0.25, 0.3) is 0 Å². The predicted octanol–water partition coefficient (Wildman–Crippen LogP) is 9.27. The van der Waals surface area contributed by atoms with E-state index in [0.29, 0.717) is 0 Å². The van der Waals surface area contributed by atoms with E-state index >= 15 is 0 Å². The van der Waals surface area contributed by atoms with Crippen molar-refractivity contribution in [2.24, 2.45) is 0 Å². The number of rotatable bonds is 6. The molecule has 0 radical (unpaired) electrons. The molecule has 198 valence electrons. The van der Waals surface area contributed by atoms with E-state index in [9.17, 15) is 0 Å². The highest BCUT2D eigenvalue weighted by molar-refractivity contribution is 5.86. The highest BCUT2D eigenvalue weighted by Crippen LogP contribution is 2.35. The summed E-state index contributed by atoms with van der Waals surface area (Å²) in [5, 5.41) is 0. The van der Waals surface area contributed by atoms with Gasteiger partial charge in [0.2, 0.25) is 0 Å². The van der Waals surface area contributed by atoms with Gasteiger partial charge in [-0.15, -0.1) is 0 Å². The van der Waals surface area contributed by atoms with Crippen LogP contribution in [0, 0.1) is 0 Å². The van der Waals surface area contributed by atoms with Crippen LogP contribution in [0.1, 0.15) is 0 Å². The fraction of sp³-hybridized carbons (Fsp3) is 0. The third kappa shape index (κ3) is 5.21. The Balaban J connectivity index is 1.25. The minimum Gasteiger partial charge on any atom is -0.255 e. The first kappa shape index (κ1) is 25.2. The van der Waals surface area contributed by atoms with Crippen molar-refractivity contribution in [1.29, 1.82) is 0 Å². The SMILES string of the molecule is c1ccc(-c2cccc(-c3cccc(-c4ccccc4-c4cccc(-c5cccc(-c6ccccn6)n5)c4)c3)n2)nc1. The third-order valence-corrected chi connectivity index (χ3v) is 7.22. The summed E-state index contributed by atoms with van der Waals surface area (Å²) in [5.41, 5.74) is 12.0. The highest BCUT2D eigenvalue weighted by Gasteiger charge is 2.12. The van der Waals surface area contributed by atoms with Gasteiger partial charge in [-0.3, -0.25) is 9.97 Å². The van der Waals surface area contributed by atoms with Gasteiger partial charge in [0, 0.05) is 23.5 Å². The molecular weight excluding hydrogens is 512 g/mol. The Bertz CT molecular complexity index is 1840. The van der Waals surface area contributed by atoms with Crippen molar-refractivity contribution < 1.29 is 0 Å². The van der Waals surface area contributed by atoms with E-state index in [4.69, 9.17) is 9.97 Å². The summed E-state index contributed by atoms with van der Waals surface area (Å²) in [7, 11) is 0. The van der Waals surface area contributed by atoms with Crippen LogP contribution in [0.5, 0.6) is 0 Å². The molecule has 0 aliphatic heterocycles. The Labute approximate surface area is 245 Å². The van der Waals surface area contributed by atoms with E-state index in [0.717, 1.165) is 67.5 Å². The molecule has 0 saturated heterocycles.